The van der Waals surface area contributed by atoms with Crippen molar-refractivity contribution < 1.29 is 4.42 Å². The van der Waals surface area contributed by atoms with E-state index < -0.39 is 0 Å². The van der Waals surface area contributed by atoms with Gasteiger partial charge in [0.25, 0.3) is 0 Å². The molecule has 2 rings (SSSR count). The molecule has 2 aromatic rings. The summed E-state index contributed by atoms with van der Waals surface area (Å²) in [5.74, 6) is 0. The standard InChI is InChI=1S/C6H3IN2OS/c7-6-9-8-5(11-6)4-1-2-10-3-4/h1-3H. The van der Waals surface area contributed by atoms with Crippen LogP contribution in [-0.4, -0.2) is 10.2 Å². The van der Waals surface area contributed by atoms with Gasteiger partial charge >= 0.3 is 0 Å². The number of hydrogen-bond donors (Lipinski definition) is 0. The van der Waals surface area contributed by atoms with Crippen molar-refractivity contribution in [1.29, 1.82) is 0 Å². The van der Waals surface area contributed by atoms with Crippen LogP contribution in [0.25, 0.3) is 10.6 Å². The van der Waals surface area contributed by atoms with Crippen molar-refractivity contribution in [1.82, 2.24) is 10.2 Å². The van der Waals surface area contributed by atoms with Gasteiger partial charge in [-0.25, -0.2) is 0 Å². The van der Waals surface area contributed by atoms with Crippen molar-refractivity contribution in [2.24, 2.45) is 0 Å². The molecule has 0 bridgehead atoms. The summed E-state index contributed by atoms with van der Waals surface area (Å²) in [6, 6.07) is 1.87. The predicted molar refractivity (Wildman–Crippen MR) is 50.3 cm³/mol. The van der Waals surface area contributed by atoms with E-state index in [-0.39, 0.29) is 0 Å². The molecular weight excluding hydrogens is 275 g/mol. The monoisotopic (exact) mass is 278 g/mol. The van der Waals surface area contributed by atoms with Crippen LogP contribution in [-0.2, 0) is 0 Å². The van der Waals surface area contributed by atoms with Crippen LogP contribution in [0.4, 0.5) is 0 Å². The third-order valence-corrected chi connectivity index (χ3v) is 2.81. The fourth-order valence-corrected chi connectivity index (χ4v) is 2.00. The van der Waals surface area contributed by atoms with E-state index >= 15 is 0 Å². The Balaban J connectivity index is 2.45. The van der Waals surface area contributed by atoms with Crippen molar-refractivity contribution in [3.63, 3.8) is 0 Å². The van der Waals surface area contributed by atoms with E-state index in [4.69, 9.17) is 4.42 Å². The summed E-state index contributed by atoms with van der Waals surface area (Å²) >= 11 is 3.69. The molecule has 0 aromatic carbocycles. The highest BCUT2D eigenvalue weighted by atomic mass is 127. The maximum atomic E-state index is 4.91. The first-order chi connectivity index (χ1) is 5.36. The van der Waals surface area contributed by atoms with Crippen LogP contribution in [0.1, 0.15) is 0 Å². The Bertz CT molecular complexity index is 343. The zero-order valence-electron chi connectivity index (χ0n) is 5.32. The quantitative estimate of drug-likeness (QED) is 0.752. The van der Waals surface area contributed by atoms with Gasteiger partial charge in [-0.15, -0.1) is 10.2 Å². The fraction of sp³-hybridized carbons (Fsp3) is 0. The molecule has 0 aliphatic rings. The predicted octanol–water partition coefficient (Wildman–Crippen LogP) is 2.40. The zero-order valence-corrected chi connectivity index (χ0v) is 8.29. The highest BCUT2D eigenvalue weighted by Crippen LogP contribution is 2.23. The summed E-state index contributed by atoms with van der Waals surface area (Å²) in [7, 11) is 0. The van der Waals surface area contributed by atoms with Gasteiger partial charge in [0.1, 0.15) is 6.26 Å². The van der Waals surface area contributed by atoms with E-state index in [9.17, 15) is 0 Å². The van der Waals surface area contributed by atoms with Crippen LogP contribution in [0.15, 0.2) is 23.0 Å². The third-order valence-electron chi connectivity index (χ3n) is 1.17. The first-order valence-electron chi connectivity index (χ1n) is 2.88. The minimum absolute atomic E-state index is 0.906. The molecule has 0 unspecified atom stereocenters. The number of rotatable bonds is 1. The maximum absolute atomic E-state index is 4.91. The van der Waals surface area contributed by atoms with E-state index in [0.29, 0.717) is 0 Å². The average Bonchev–Trinajstić information content (AvgIpc) is 2.55. The van der Waals surface area contributed by atoms with Gasteiger partial charge in [0.05, 0.1) is 11.8 Å². The summed E-state index contributed by atoms with van der Waals surface area (Å²) in [4.78, 5) is 0. The van der Waals surface area contributed by atoms with Gasteiger partial charge in [-0.05, 0) is 28.7 Å². The van der Waals surface area contributed by atoms with Crippen molar-refractivity contribution >= 4 is 33.9 Å². The third kappa shape index (κ3) is 1.43. The number of halogens is 1. The van der Waals surface area contributed by atoms with Gasteiger partial charge in [0.15, 0.2) is 8.02 Å². The van der Waals surface area contributed by atoms with Crippen LogP contribution in [0.2, 0.25) is 0 Å². The molecule has 0 saturated carbocycles. The minimum Gasteiger partial charge on any atom is -0.472 e. The molecular formula is C6H3IN2OS. The molecule has 0 N–H and O–H groups in total. The Hall–Kier alpha value is -0.430. The molecule has 0 aliphatic carbocycles. The molecule has 0 radical (unpaired) electrons. The molecule has 0 spiro atoms. The molecule has 2 heterocycles. The van der Waals surface area contributed by atoms with Gasteiger partial charge in [0, 0.05) is 0 Å². The first kappa shape index (κ1) is 7.23. The van der Waals surface area contributed by atoms with E-state index in [1.165, 1.54) is 0 Å². The summed E-state index contributed by atoms with van der Waals surface area (Å²) in [6.45, 7) is 0. The Morgan fingerprint density at radius 1 is 1.45 bits per heavy atom. The second-order valence-corrected chi connectivity index (χ2v) is 4.60. The van der Waals surface area contributed by atoms with Crippen LogP contribution in [0.3, 0.4) is 0 Å². The van der Waals surface area contributed by atoms with E-state index in [0.717, 1.165) is 13.6 Å². The second kappa shape index (κ2) is 2.90. The van der Waals surface area contributed by atoms with Gasteiger partial charge in [-0.2, -0.15) is 0 Å². The van der Waals surface area contributed by atoms with Crippen LogP contribution in [0.5, 0.6) is 0 Å². The molecule has 0 atom stereocenters. The normalized spacial score (nSPS) is 10.3. The Kier molecular flexibility index (Phi) is 1.91. The number of aromatic nitrogens is 2. The second-order valence-electron chi connectivity index (χ2n) is 1.87. The highest BCUT2D eigenvalue weighted by Gasteiger charge is 2.04. The molecule has 0 saturated heterocycles. The SMILES string of the molecule is Ic1nnc(-c2ccoc2)s1. The Morgan fingerprint density at radius 2 is 2.36 bits per heavy atom. The number of nitrogens with zero attached hydrogens (tertiary/aromatic N) is 2. The Morgan fingerprint density at radius 3 is 2.91 bits per heavy atom. The summed E-state index contributed by atoms with van der Waals surface area (Å²) in [6.07, 6.45) is 3.29. The summed E-state index contributed by atoms with van der Waals surface area (Å²) in [5, 5.41) is 8.75. The van der Waals surface area contributed by atoms with Crippen LogP contribution in [0, 0.1) is 3.01 Å². The van der Waals surface area contributed by atoms with Crippen LogP contribution >= 0.6 is 33.9 Å². The molecule has 2 aromatic heterocycles. The molecule has 0 aliphatic heterocycles. The van der Waals surface area contributed by atoms with Crippen molar-refractivity contribution in [3.05, 3.63) is 21.6 Å². The van der Waals surface area contributed by atoms with Gasteiger partial charge in [0.2, 0.25) is 0 Å². The van der Waals surface area contributed by atoms with Gasteiger partial charge < -0.3 is 4.42 Å². The highest BCUT2D eigenvalue weighted by molar-refractivity contribution is 14.1. The summed E-state index contributed by atoms with van der Waals surface area (Å²) < 4.78 is 5.86. The summed E-state index contributed by atoms with van der Waals surface area (Å²) in [5.41, 5.74) is 0.991. The molecule has 0 amide bonds. The molecule has 3 nitrogen and oxygen atoms in total. The lowest BCUT2D eigenvalue weighted by molar-refractivity contribution is 0.568. The first-order valence-corrected chi connectivity index (χ1v) is 4.77. The average molecular weight is 278 g/mol. The lowest BCUT2D eigenvalue weighted by atomic mass is 10.4. The van der Waals surface area contributed by atoms with Crippen molar-refractivity contribution in [3.8, 4) is 10.6 Å². The molecule has 5 heteroatoms. The lowest BCUT2D eigenvalue weighted by Gasteiger charge is -1.80. The number of furan rings is 1. The number of hydrogen-bond acceptors (Lipinski definition) is 4. The van der Waals surface area contributed by atoms with Crippen LogP contribution < -0.4 is 0 Å². The largest absolute Gasteiger partial charge is 0.472 e. The van der Waals surface area contributed by atoms with E-state index in [1.807, 2.05) is 6.07 Å². The lowest BCUT2D eigenvalue weighted by Crippen LogP contribution is -1.70. The minimum atomic E-state index is 0.906. The van der Waals surface area contributed by atoms with E-state index in [2.05, 4.69) is 32.8 Å². The molecule has 11 heavy (non-hydrogen) atoms. The molecule has 56 valence electrons. The van der Waals surface area contributed by atoms with Gasteiger partial charge in [-0.3, -0.25) is 0 Å². The molecule has 0 fully saturated rings. The fourth-order valence-electron chi connectivity index (χ4n) is 0.708. The zero-order chi connectivity index (χ0) is 7.68. The van der Waals surface area contributed by atoms with Gasteiger partial charge in [-0.1, -0.05) is 11.3 Å². The Labute approximate surface area is 80.6 Å². The van der Waals surface area contributed by atoms with E-state index in [1.54, 1.807) is 23.9 Å². The van der Waals surface area contributed by atoms with Crippen molar-refractivity contribution in [2.45, 2.75) is 0 Å². The smallest absolute Gasteiger partial charge is 0.178 e. The van der Waals surface area contributed by atoms with Crippen molar-refractivity contribution in [2.75, 3.05) is 0 Å². The topological polar surface area (TPSA) is 38.9 Å². The maximum Gasteiger partial charge on any atom is 0.178 e.